The summed E-state index contributed by atoms with van der Waals surface area (Å²) in [4.78, 5) is 5.68. The molecule has 0 fully saturated rings. The van der Waals surface area contributed by atoms with E-state index in [1.165, 1.54) is 96.5 Å². The molecule has 2 aliphatic rings. The van der Waals surface area contributed by atoms with E-state index in [9.17, 15) is 4.39 Å². The molecule has 4 bridgehead atoms. The molecule has 18 rings (SSSR count). The monoisotopic (exact) mass is 1410 g/mol. The van der Waals surface area contributed by atoms with Gasteiger partial charge < -0.3 is 10.6 Å². The van der Waals surface area contributed by atoms with Gasteiger partial charge >= 0.3 is 34.1 Å². The zero-order valence-corrected chi connectivity index (χ0v) is 59.4. The second-order valence-electron chi connectivity index (χ2n) is 25.9. The normalized spacial score (nSPS) is 15.6. The summed E-state index contributed by atoms with van der Waals surface area (Å²) in [5.41, 5.74) is 8.38. The van der Waals surface area contributed by atoms with Crippen molar-refractivity contribution >= 4 is 194 Å². The molecule has 3 heterocycles. The number of benzene rings is 15. The van der Waals surface area contributed by atoms with Crippen molar-refractivity contribution < 1.29 is 38.5 Å². The largest absolute Gasteiger partial charge is 2.00 e. The molecule has 1 radical (unpaired) electrons. The Bertz CT molecular complexity index is 5380. The zero-order valence-electron chi connectivity index (χ0n) is 53.5. The summed E-state index contributed by atoms with van der Waals surface area (Å²) in [6, 6.07) is 106. The fourth-order valence-corrected chi connectivity index (χ4v) is 26.4. The standard InChI is InChI=1S/C46H30FN2P2.C40H33NP2.2Cu/c1-29-16-20-37(21-17-29)50-41-14-6-12-34-24-35-13-7-15-42(46(35)49-45(34)41)51(38-22-18-36(47)19-23-38)44-28-33-11-5-3-9-31(33)26-40(44)48-39-25-30-8-2-4-10-32(30)27-43(39)50;1-25(2)42-37-17-9-15-31-19-32-16-10-18-38(34(32)24-33(31)37)43(26(3)4)40-23-30-14-8-6-12-28(30)21-36(40)41-35-20-27-11-5-7-13-29(27)22-39(35)42;;/h2-28H,1H3;5-23,25-26H,1-4H3;;/q-1;-2;+1;+2/p+4. The van der Waals surface area contributed by atoms with Crippen molar-refractivity contribution in [3.63, 3.8) is 0 Å². The van der Waals surface area contributed by atoms with Crippen molar-refractivity contribution in [2.24, 2.45) is 0 Å². The molecule has 0 saturated heterocycles. The number of hydrogen-bond donors (Lipinski definition) is 0. The maximum Gasteiger partial charge on any atom is 2.00 e. The van der Waals surface area contributed by atoms with E-state index < -0.39 is 31.7 Å². The van der Waals surface area contributed by atoms with E-state index >= 15 is 0 Å². The van der Waals surface area contributed by atoms with Crippen LogP contribution in [0.1, 0.15) is 33.3 Å². The van der Waals surface area contributed by atoms with Gasteiger partial charge in [-0.1, -0.05) is 244 Å². The predicted octanol–water partition coefficient (Wildman–Crippen LogP) is 19.7. The van der Waals surface area contributed by atoms with Gasteiger partial charge in [-0.3, -0.25) is 0 Å². The van der Waals surface area contributed by atoms with E-state index in [4.69, 9.17) is 15.6 Å². The van der Waals surface area contributed by atoms with Gasteiger partial charge in [0.25, 0.3) is 0 Å². The summed E-state index contributed by atoms with van der Waals surface area (Å²) in [7, 11) is -5.83. The first-order valence-corrected chi connectivity index (χ1v) is 38.8. The molecule has 4 unspecified atom stereocenters. The quantitative estimate of drug-likeness (QED) is 0.0749. The van der Waals surface area contributed by atoms with Crippen LogP contribution in [0.4, 0.5) is 27.1 Å². The molecule has 0 N–H and O–H groups in total. The molecular weight excluding hydrogens is 1340 g/mol. The number of halogens is 1. The minimum Gasteiger partial charge on any atom is -0.651 e. The van der Waals surface area contributed by atoms with Crippen molar-refractivity contribution in [3.8, 4) is 0 Å². The molecule has 1 aromatic heterocycles. The molecule has 4 atom stereocenters. The van der Waals surface area contributed by atoms with E-state index in [0.29, 0.717) is 11.3 Å². The molecule has 2 aliphatic heterocycles. The Kier molecular flexibility index (Phi) is 17.5. The van der Waals surface area contributed by atoms with Crippen LogP contribution in [0.25, 0.3) is 97.1 Å². The van der Waals surface area contributed by atoms with Gasteiger partial charge in [0.15, 0.2) is 0 Å². The maximum absolute atomic E-state index is 14.5. The van der Waals surface area contributed by atoms with Crippen LogP contribution in [0.2, 0.25) is 0 Å². The van der Waals surface area contributed by atoms with E-state index in [1.54, 1.807) is 12.1 Å². The number of fused-ring (bicyclic) bond motifs is 8. The van der Waals surface area contributed by atoms with Crippen LogP contribution >= 0.6 is 31.7 Å². The third kappa shape index (κ3) is 11.5. The van der Waals surface area contributed by atoms with Crippen molar-refractivity contribution in [3.05, 3.63) is 307 Å². The Labute approximate surface area is 586 Å². The molecule has 96 heavy (non-hydrogen) atoms. The van der Waals surface area contributed by atoms with Gasteiger partial charge in [0.2, 0.25) is 0 Å². The minimum absolute atomic E-state index is 0. The van der Waals surface area contributed by atoms with Gasteiger partial charge in [-0.05, 0) is 157 Å². The number of nitrogens with zero attached hydrogens (tertiary/aromatic N) is 3. The van der Waals surface area contributed by atoms with Gasteiger partial charge in [-0.15, -0.1) is 12.1 Å². The third-order valence-electron chi connectivity index (χ3n) is 19.2. The van der Waals surface area contributed by atoms with Gasteiger partial charge in [0.05, 0.1) is 48.4 Å². The van der Waals surface area contributed by atoms with Crippen LogP contribution in [0.15, 0.2) is 279 Å². The van der Waals surface area contributed by atoms with Crippen LogP contribution in [-0.2, 0) is 34.1 Å². The number of rotatable bonds is 4. The van der Waals surface area contributed by atoms with Crippen LogP contribution in [0.3, 0.4) is 0 Å². The maximum atomic E-state index is 14.5. The molecule has 16 aromatic rings. The van der Waals surface area contributed by atoms with Crippen molar-refractivity contribution in [1.29, 1.82) is 0 Å². The summed E-state index contributed by atoms with van der Waals surface area (Å²) >= 11 is 0. The molecule has 0 aliphatic carbocycles. The van der Waals surface area contributed by atoms with E-state index in [1.807, 2.05) is 12.1 Å². The smallest absolute Gasteiger partial charge is 0.651 e. The van der Waals surface area contributed by atoms with Crippen molar-refractivity contribution in [2.75, 3.05) is 0 Å². The second-order valence-corrected chi connectivity index (χ2v) is 36.8. The number of para-hydroxylation sites is 2. The minimum atomic E-state index is -1.75. The molecule has 0 spiro atoms. The van der Waals surface area contributed by atoms with Gasteiger partial charge in [0.1, 0.15) is 38.1 Å². The van der Waals surface area contributed by atoms with Gasteiger partial charge in [-0.25, -0.2) is 9.37 Å². The molecule has 0 amide bonds. The fraction of sp³-hybridized carbons (Fsp3) is 0.0814. The molecular formula is C86H67Cu2FN3P4+4. The summed E-state index contributed by atoms with van der Waals surface area (Å²) in [5, 5.41) is 41.4. The van der Waals surface area contributed by atoms with Gasteiger partial charge in [0, 0.05) is 37.2 Å². The van der Waals surface area contributed by atoms with Crippen molar-refractivity contribution in [2.45, 2.75) is 45.9 Å². The summed E-state index contributed by atoms with van der Waals surface area (Å²) in [5.74, 6) is -0.240. The third-order valence-corrected chi connectivity index (χ3v) is 31.1. The Hall–Kier alpha value is -8.18. The van der Waals surface area contributed by atoms with Crippen LogP contribution in [0.5, 0.6) is 0 Å². The number of hydrogen-bond acceptors (Lipinski definition) is 1. The Balaban J connectivity index is 0.000000157. The fourth-order valence-electron chi connectivity index (χ4n) is 14.8. The SMILES string of the molecule is CC(C)[PH+]1c2cc3ccccc3cc2[N-]c2cc3ccccc3cc2[PH+](C(C)C)c2cccc3cc4cccc1c4[c-]c23.Cc1ccc([PH+]2c3cc4ccccc4cc3[N-]c3cc4ccccc4cc3[PH+](c3ccc(F)cc3)c3cccc4cc5cccc2c5nc34)cc1.[Cu+2].[Cu+]. The number of aromatic nitrogens is 1. The predicted molar refractivity (Wildman–Crippen MR) is 418 cm³/mol. The summed E-state index contributed by atoms with van der Waals surface area (Å²) < 4.78 is 14.5. The second kappa shape index (κ2) is 26.3. The van der Waals surface area contributed by atoms with Crippen LogP contribution in [0, 0.1) is 18.8 Å². The molecule has 0 saturated carbocycles. The number of aryl methyl sites for hydroxylation is 1. The van der Waals surface area contributed by atoms with E-state index in [2.05, 4.69) is 295 Å². The Morgan fingerprint density at radius 2 is 0.625 bits per heavy atom. The average Bonchev–Trinajstić information content (AvgIpc) is 0.742. The molecule has 10 heteroatoms. The first kappa shape index (κ1) is 63.8. The first-order chi connectivity index (χ1) is 46.0. The average molecular weight is 1410 g/mol. The van der Waals surface area contributed by atoms with E-state index in [0.717, 1.165) is 71.3 Å². The topological polar surface area (TPSA) is 41.1 Å². The molecule has 3 nitrogen and oxygen atoms in total. The Morgan fingerprint density at radius 1 is 0.323 bits per heavy atom. The molecule has 15 aromatic carbocycles. The molecule has 471 valence electrons. The van der Waals surface area contributed by atoms with Crippen molar-refractivity contribution in [1.82, 2.24) is 4.98 Å². The van der Waals surface area contributed by atoms with Gasteiger partial charge in [-0.2, -0.15) is 0 Å². The van der Waals surface area contributed by atoms with Crippen LogP contribution in [-0.4, -0.2) is 16.3 Å². The first-order valence-electron chi connectivity index (χ1n) is 32.6. The van der Waals surface area contributed by atoms with Crippen LogP contribution < -0.4 is 53.0 Å². The number of pyridine rings is 1. The zero-order chi connectivity index (χ0) is 63.3. The summed E-state index contributed by atoms with van der Waals surface area (Å²) in [6.45, 7) is 11.7. The van der Waals surface area contributed by atoms with E-state index in [-0.39, 0.29) is 40.0 Å². The summed E-state index contributed by atoms with van der Waals surface area (Å²) in [6.07, 6.45) is 0. The Morgan fingerprint density at radius 3 is 1.00 bits per heavy atom.